The third-order valence-electron chi connectivity index (χ3n) is 2.80. The number of aryl methyl sites for hydroxylation is 2. The molecule has 1 rings (SSSR count). The van der Waals surface area contributed by atoms with Gasteiger partial charge in [-0.1, -0.05) is 0 Å². The van der Waals surface area contributed by atoms with Crippen molar-refractivity contribution in [2.45, 2.75) is 33.7 Å². The van der Waals surface area contributed by atoms with Crippen molar-refractivity contribution in [3.8, 4) is 0 Å². The molecule has 15 heavy (non-hydrogen) atoms. The third-order valence-corrected chi connectivity index (χ3v) is 2.80. The molecule has 0 bridgehead atoms. The van der Waals surface area contributed by atoms with Crippen LogP contribution in [-0.4, -0.2) is 20.3 Å². The van der Waals surface area contributed by atoms with Gasteiger partial charge in [-0.2, -0.15) is 0 Å². The van der Waals surface area contributed by atoms with E-state index in [0.717, 1.165) is 18.1 Å². The van der Waals surface area contributed by atoms with Gasteiger partial charge in [0.15, 0.2) is 0 Å². The van der Waals surface area contributed by atoms with Crippen LogP contribution in [0.3, 0.4) is 0 Å². The van der Waals surface area contributed by atoms with Gasteiger partial charge in [-0.25, -0.2) is 0 Å². The van der Waals surface area contributed by atoms with Gasteiger partial charge in [0.1, 0.15) is 11.5 Å². The highest BCUT2D eigenvalue weighted by molar-refractivity contribution is 5.34. The Morgan fingerprint density at radius 2 is 1.93 bits per heavy atom. The van der Waals surface area contributed by atoms with Crippen molar-refractivity contribution in [2.24, 2.45) is 0 Å². The van der Waals surface area contributed by atoms with Gasteiger partial charge in [0, 0.05) is 12.2 Å². The minimum Gasteiger partial charge on any atom is -0.466 e. The molecule has 0 spiro atoms. The molecule has 0 aliphatic heterocycles. The van der Waals surface area contributed by atoms with Gasteiger partial charge in [-0.05, 0) is 40.3 Å². The first-order chi connectivity index (χ1) is 7.11. The summed E-state index contributed by atoms with van der Waals surface area (Å²) in [5.74, 6) is 1.99. The molecule has 1 atom stereocenters. The molecule has 1 unspecified atom stereocenters. The molecule has 1 heterocycles. The fraction of sp³-hybridized carbons (Fsp3) is 0.667. The number of hydrogen-bond donors (Lipinski definition) is 1. The first kappa shape index (κ1) is 12.3. The monoisotopic (exact) mass is 211 g/mol. The van der Waals surface area contributed by atoms with Crippen LogP contribution in [0.15, 0.2) is 4.42 Å². The standard InChI is InChI=1S/C12H21NO2/c1-6-14-7-11(13-5)12-8(2)9(3)15-10(12)4/h11,13H,6-7H2,1-5H3. The van der Waals surface area contributed by atoms with Crippen LogP contribution in [0, 0.1) is 20.8 Å². The van der Waals surface area contributed by atoms with E-state index >= 15 is 0 Å². The van der Waals surface area contributed by atoms with Crippen LogP contribution < -0.4 is 5.32 Å². The highest BCUT2D eigenvalue weighted by Gasteiger charge is 2.19. The molecule has 0 saturated heterocycles. The lowest BCUT2D eigenvalue weighted by atomic mass is 10.0. The van der Waals surface area contributed by atoms with Crippen LogP contribution >= 0.6 is 0 Å². The second kappa shape index (κ2) is 5.33. The summed E-state index contributed by atoms with van der Waals surface area (Å²) in [6, 6.07) is 0.224. The van der Waals surface area contributed by atoms with Crippen molar-refractivity contribution in [3.63, 3.8) is 0 Å². The van der Waals surface area contributed by atoms with Crippen LogP contribution in [0.1, 0.15) is 35.6 Å². The number of nitrogens with one attached hydrogen (secondary N) is 1. The van der Waals surface area contributed by atoms with Gasteiger partial charge in [0.05, 0.1) is 12.6 Å². The predicted molar refractivity (Wildman–Crippen MR) is 61.2 cm³/mol. The Labute approximate surface area is 91.8 Å². The van der Waals surface area contributed by atoms with Gasteiger partial charge in [0.25, 0.3) is 0 Å². The Morgan fingerprint density at radius 1 is 1.27 bits per heavy atom. The minimum absolute atomic E-state index is 0.224. The Bertz CT molecular complexity index is 318. The molecule has 0 amide bonds. The Hall–Kier alpha value is -0.800. The van der Waals surface area contributed by atoms with E-state index in [1.165, 1.54) is 11.1 Å². The molecule has 1 aromatic rings. The summed E-state index contributed by atoms with van der Waals surface area (Å²) >= 11 is 0. The first-order valence-corrected chi connectivity index (χ1v) is 5.43. The molecule has 0 saturated carbocycles. The molecule has 86 valence electrons. The molecular weight excluding hydrogens is 190 g/mol. The maximum atomic E-state index is 5.61. The number of hydrogen-bond acceptors (Lipinski definition) is 3. The first-order valence-electron chi connectivity index (χ1n) is 5.43. The van der Waals surface area contributed by atoms with Gasteiger partial charge in [0.2, 0.25) is 0 Å². The van der Waals surface area contributed by atoms with Crippen molar-refractivity contribution in [1.82, 2.24) is 5.32 Å². The smallest absolute Gasteiger partial charge is 0.106 e. The summed E-state index contributed by atoms with van der Waals surface area (Å²) in [4.78, 5) is 0. The lowest BCUT2D eigenvalue weighted by Gasteiger charge is -2.16. The highest BCUT2D eigenvalue weighted by Crippen LogP contribution is 2.26. The summed E-state index contributed by atoms with van der Waals surface area (Å²) in [6.07, 6.45) is 0. The number of likely N-dealkylation sites (N-methyl/N-ethyl adjacent to an activating group) is 1. The second-order valence-corrected chi connectivity index (χ2v) is 3.75. The number of furan rings is 1. The topological polar surface area (TPSA) is 34.4 Å². The molecule has 1 N–H and O–H groups in total. The van der Waals surface area contributed by atoms with Crippen LogP contribution in [0.2, 0.25) is 0 Å². The van der Waals surface area contributed by atoms with E-state index in [4.69, 9.17) is 9.15 Å². The molecular formula is C12H21NO2. The van der Waals surface area contributed by atoms with Crippen molar-refractivity contribution in [2.75, 3.05) is 20.3 Å². The lowest BCUT2D eigenvalue weighted by molar-refractivity contribution is 0.125. The van der Waals surface area contributed by atoms with E-state index in [1.54, 1.807) is 0 Å². The molecule has 0 aliphatic carbocycles. The van der Waals surface area contributed by atoms with Crippen LogP contribution in [0.4, 0.5) is 0 Å². The quantitative estimate of drug-likeness (QED) is 0.812. The maximum Gasteiger partial charge on any atom is 0.106 e. The SMILES string of the molecule is CCOCC(NC)c1c(C)oc(C)c1C. The average Bonchev–Trinajstić information content (AvgIpc) is 2.45. The zero-order chi connectivity index (χ0) is 11.4. The molecule has 1 aromatic heterocycles. The molecule has 0 fully saturated rings. The maximum absolute atomic E-state index is 5.61. The molecule has 3 heteroatoms. The summed E-state index contributed by atoms with van der Waals surface area (Å²) in [5, 5.41) is 3.26. The highest BCUT2D eigenvalue weighted by atomic mass is 16.5. The van der Waals surface area contributed by atoms with Crippen molar-refractivity contribution in [3.05, 3.63) is 22.6 Å². The third kappa shape index (κ3) is 2.61. The van der Waals surface area contributed by atoms with E-state index in [9.17, 15) is 0 Å². The Balaban J connectivity index is 2.90. The summed E-state index contributed by atoms with van der Waals surface area (Å²) in [5.41, 5.74) is 2.47. The fourth-order valence-corrected chi connectivity index (χ4v) is 1.87. The van der Waals surface area contributed by atoms with Crippen molar-refractivity contribution >= 4 is 0 Å². The fourth-order valence-electron chi connectivity index (χ4n) is 1.87. The van der Waals surface area contributed by atoms with Crippen LogP contribution in [-0.2, 0) is 4.74 Å². The van der Waals surface area contributed by atoms with Crippen molar-refractivity contribution in [1.29, 1.82) is 0 Å². The van der Waals surface area contributed by atoms with Crippen LogP contribution in [0.5, 0.6) is 0 Å². The summed E-state index contributed by atoms with van der Waals surface area (Å²) in [7, 11) is 1.95. The van der Waals surface area contributed by atoms with Crippen molar-refractivity contribution < 1.29 is 9.15 Å². The van der Waals surface area contributed by atoms with Gasteiger partial charge in [-0.3, -0.25) is 0 Å². The Morgan fingerprint density at radius 3 is 2.33 bits per heavy atom. The lowest BCUT2D eigenvalue weighted by Crippen LogP contribution is -2.22. The number of ether oxygens (including phenoxy) is 1. The van der Waals surface area contributed by atoms with E-state index in [2.05, 4.69) is 12.2 Å². The van der Waals surface area contributed by atoms with E-state index in [0.29, 0.717) is 6.61 Å². The zero-order valence-electron chi connectivity index (χ0n) is 10.3. The normalized spacial score (nSPS) is 13.1. The minimum atomic E-state index is 0.224. The van der Waals surface area contributed by atoms with Crippen LogP contribution in [0.25, 0.3) is 0 Å². The van der Waals surface area contributed by atoms with E-state index in [-0.39, 0.29) is 6.04 Å². The second-order valence-electron chi connectivity index (χ2n) is 3.75. The zero-order valence-corrected chi connectivity index (χ0v) is 10.3. The number of rotatable bonds is 5. The Kier molecular flexibility index (Phi) is 4.36. The average molecular weight is 211 g/mol. The largest absolute Gasteiger partial charge is 0.466 e. The van der Waals surface area contributed by atoms with Gasteiger partial charge >= 0.3 is 0 Å². The molecule has 0 aliphatic rings. The van der Waals surface area contributed by atoms with E-state index < -0.39 is 0 Å². The summed E-state index contributed by atoms with van der Waals surface area (Å²) in [6.45, 7) is 9.54. The predicted octanol–water partition coefficient (Wildman–Crippen LogP) is 2.50. The van der Waals surface area contributed by atoms with Gasteiger partial charge < -0.3 is 14.5 Å². The van der Waals surface area contributed by atoms with E-state index in [1.807, 2.05) is 27.8 Å². The summed E-state index contributed by atoms with van der Waals surface area (Å²) < 4.78 is 11.1. The molecule has 3 nitrogen and oxygen atoms in total. The molecule has 0 radical (unpaired) electrons. The molecule has 0 aromatic carbocycles. The van der Waals surface area contributed by atoms with Gasteiger partial charge in [-0.15, -0.1) is 0 Å².